The Hall–Kier alpha value is -2.46. The van der Waals surface area contributed by atoms with Crippen LogP contribution in [-0.2, 0) is 13.6 Å². The van der Waals surface area contributed by atoms with E-state index in [9.17, 15) is 0 Å². The molecule has 2 heterocycles. The normalized spacial score (nSPS) is 12.2. The van der Waals surface area contributed by atoms with Crippen molar-refractivity contribution in [3.8, 4) is 0 Å². The number of pyridine rings is 1. The molecular formula is C17H18N4. The molecule has 3 rings (SSSR count). The van der Waals surface area contributed by atoms with E-state index in [0.29, 0.717) is 0 Å². The number of rotatable bonds is 5. The second kappa shape index (κ2) is 6.33. The van der Waals surface area contributed by atoms with Gasteiger partial charge in [-0.25, -0.2) is 0 Å². The van der Waals surface area contributed by atoms with Gasteiger partial charge in [-0.15, -0.1) is 0 Å². The van der Waals surface area contributed by atoms with E-state index >= 15 is 0 Å². The summed E-state index contributed by atoms with van der Waals surface area (Å²) in [4.78, 5) is 4.49. The summed E-state index contributed by atoms with van der Waals surface area (Å²) in [5, 5.41) is 7.77. The van der Waals surface area contributed by atoms with Crippen molar-refractivity contribution in [3.05, 3.63) is 83.9 Å². The van der Waals surface area contributed by atoms with E-state index in [1.807, 2.05) is 54.6 Å². The highest BCUT2D eigenvalue weighted by molar-refractivity contribution is 5.27. The molecule has 0 saturated heterocycles. The predicted molar refractivity (Wildman–Crippen MR) is 82.6 cm³/mol. The van der Waals surface area contributed by atoms with Gasteiger partial charge in [0, 0.05) is 31.5 Å². The third-order valence-corrected chi connectivity index (χ3v) is 3.39. The number of nitrogens with zero attached hydrogens (tertiary/aromatic N) is 3. The average Bonchev–Trinajstić information content (AvgIpc) is 2.95. The average molecular weight is 278 g/mol. The van der Waals surface area contributed by atoms with Crippen LogP contribution in [0, 0.1) is 0 Å². The Balaban J connectivity index is 1.83. The Kier molecular flexibility index (Phi) is 4.07. The highest BCUT2D eigenvalue weighted by Gasteiger charge is 2.14. The van der Waals surface area contributed by atoms with Gasteiger partial charge in [-0.2, -0.15) is 5.10 Å². The maximum atomic E-state index is 4.49. The second-order valence-corrected chi connectivity index (χ2v) is 5.00. The van der Waals surface area contributed by atoms with Crippen molar-refractivity contribution in [1.29, 1.82) is 0 Å². The molecule has 0 aliphatic heterocycles. The molecular weight excluding hydrogens is 260 g/mol. The molecule has 3 aromatic rings. The number of aryl methyl sites for hydroxylation is 1. The van der Waals surface area contributed by atoms with Crippen LogP contribution in [0.1, 0.15) is 22.9 Å². The fourth-order valence-corrected chi connectivity index (χ4v) is 2.37. The fraction of sp³-hybridized carbons (Fsp3) is 0.176. The quantitative estimate of drug-likeness (QED) is 0.780. The van der Waals surface area contributed by atoms with Gasteiger partial charge in [0.1, 0.15) is 0 Å². The first kappa shape index (κ1) is 13.5. The number of nitrogens with one attached hydrogen (secondary N) is 1. The van der Waals surface area contributed by atoms with Crippen molar-refractivity contribution in [2.24, 2.45) is 7.05 Å². The van der Waals surface area contributed by atoms with Crippen LogP contribution in [0.4, 0.5) is 0 Å². The number of hydrogen-bond acceptors (Lipinski definition) is 3. The Bertz CT molecular complexity index is 637. The van der Waals surface area contributed by atoms with Crippen molar-refractivity contribution in [1.82, 2.24) is 20.1 Å². The van der Waals surface area contributed by atoms with Gasteiger partial charge in [0.15, 0.2) is 0 Å². The molecule has 4 nitrogen and oxygen atoms in total. The Morgan fingerprint density at radius 2 is 1.90 bits per heavy atom. The minimum Gasteiger partial charge on any atom is -0.301 e. The molecule has 0 spiro atoms. The molecule has 0 radical (unpaired) electrons. The maximum absolute atomic E-state index is 4.49. The lowest BCUT2D eigenvalue weighted by molar-refractivity contribution is 0.591. The van der Waals surface area contributed by atoms with E-state index in [1.54, 1.807) is 0 Å². The molecule has 1 N–H and O–H groups in total. The summed E-state index contributed by atoms with van der Waals surface area (Å²) < 4.78 is 1.81. The third-order valence-electron chi connectivity index (χ3n) is 3.39. The van der Waals surface area contributed by atoms with Gasteiger partial charge in [0.25, 0.3) is 0 Å². The molecule has 21 heavy (non-hydrogen) atoms. The first-order chi connectivity index (χ1) is 10.3. The Morgan fingerprint density at radius 3 is 2.57 bits per heavy atom. The number of aromatic nitrogens is 3. The number of hydrogen-bond donors (Lipinski definition) is 1. The first-order valence-electron chi connectivity index (χ1n) is 7.00. The zero-order valence-electron chi connectivity index (χ0n) is 12.0. The highest BCUT2D eigenvalue weighted by Crippen LogP contribution is 2.20. The molecule has 0 fully saturated rings. The van der Waals surface area contributed by atoms with Gasteiger partial charge >= 0.3 is 0 Å². The van der Waals surface area contributed by atoms with Gasteiger partial charge in [0.05, 0.1) is 17.9 Å². The molecule has 0 aliphatic rings. The minimum absolute atomic E-state index is 0.0765. The Labute approximate surface area is 124 Å². The molecule has 4 heteroatoms. The predicted octanol–water partition coefficient (Wildman–Crippen LogP) is 2.69. The summed E-state index contributed by atoms with van der Waals surface area (Å²) in [6, 6.07) is 16.5. The van der Waals surface area contributed by atoms with Crippen LogP contribution in [-0.4, -0.2) is 14.8 Å². The summed E-state index contributed by atoms with van der Waals surface area (Å²) >= 11 is 0. The third kappa shape index (κ3) is 3.35. The van der Waals surface area contributed by atoms with Gasteiger partial charge in [0.2, 0.25) is 0 Å². The molecule has 0 unspecified atom stereocenters. The fourth-order valence-electron chi connectivity index (χ4n) is 2.37. The molecule has 0 saturated carbocycles. The van der Waals surface area contributed by atoms with Crippen LogP contribution in [0.15, 0.2) is 67.1 Å². The molecule has 0 amide bonds. The lowest BCUT2D eigenvalue weighted by Crippen LogP contribution is -2.22. The smallest absolute Gasteiger partial charge is 0.0754 e. The summed E-state index contributed by atoms with van der Waals surface area (Å²) in [6.07, 6.45) is 5.73. The van der Waals surface area contributed by atoms with Crippen molar-refractivity contribution in [2.75, 3.05) is 0 Å². The van der Waals surface area contributed by atoms with Crippen molar-refractivity contribution in [2.45, 2.75) is 12.6 Å². The standard InChI is InChI=1S/C17H18N4/c1-21-13-14(12-20-21)11-19-17(15-7-3-2-4-8-15)16-9-5-6-10-18-16/h2-10,12-13,17,19H,11H2,1H3/t17-/m1/s1. The summed E-state index contributed by atoms with van der Waals surface area (Å²) in [5.41, 5.74) is 3.39. The zero-order chi connectivity index (χ0) is 14.5. The van der Waals surface area contributed by atoms with Crippen molar-refractivity contribution < 1.29 is 0 Å². The van der Waals surface area contributed by atoms with E-state index in [0.717, 1.165) is 17.8 Å². The van der Waals surface area contributed by atoms with Crippen LogP contribution in [0.3, 0.4) is 0 Å². The molecule has 2 aromatic heterocycles. The van der Waals surface area contributed by atoms with Gasteiger partial charge in [-0.1, -0.05) is 36.4 Å². The molecule has 0 bridgehead atoms. The lowest BCUT2D eigenvalue weighted by Gasteiger charge is -2.18. The zero-order valence-corrected chi connectivity index (χ0v) is 12.0. The number of benzene rings is 1. The van der Waals surface area contributed by atoms with Crippen LogP contribution in [0.2, 0.25) is 0 Å². The van der Waals surface area contributed by atoms with Crippen LogP contribution >= 0.6 is 0 Å². The second-order valence-electron chi connectivity index (χ2n) is 5.00. The molecule has 1 aromatic carbocycles. The topological polar surface area (TPSA) is 42.7 Å². The van der Waals surface area contributed by atoms with Crippen LogP contribution < -0.4 is 5.32 Å². The first-order valence-corrected chi connectivity index (χ1v) is 7.00. The summed E-state index contributed by atoms with van der Waals surface area (Å²) in [6.45, 7) is 0.754. The van der Waals surface area contributed by atoms with Gasteiger partial charge in [-0.3, -0.25) is 9.67 Å². The summed E-state index contributed by atoms with van der Waals surface area (Å²) in [7, 11) is 1.93. The van der Waals surface area contributed by atoms with Crippen molar-refractivity contribution >= 4 is 0 Å². The minimum atomic E-state index is 0.0765. The van der Waals surface area contributed by atoms with Gasteiger partial charge in [-0.05, 0) is 17.7 Å². The Morgan fingerprint density at radius 1 is 1.10 bits per heavy atom. The van der Waals surface area contributed by atoms with E-state index in [-0.39, 0.29) is 6.04 Å². The van der Waals surface area contributed by atoms with Gasteiger partial charge < -0.3 is 5.32 Å². The monoisotopic (exact) mass is 278 g/mol. The van der Waals surface area contributed by atoms with E-state index < -0.39 is 0 Å². The van der Waals surface area contributed by atoms with E-state index in [1.165, 1.54) is 5.56 Å². The van der Waals surface area contributed by atoms with Crippen LogP contribution in [0.25, 0.3) is 0 Å². The largest absolute Gasteiger partial charge is 0.301 e. The van der Waals surface area contributed by atoms with Crippen molar-refractivity contribution in [3.63, 3.8) is 0 Å². The molecule has 106 valence electrons. The van der Waals surface area contributed by atoms with Crippen LogP contribution in [0.5, 0.6) is 0 Å². The highest BCUT2D eigenvalue weighted by atomic mass is 15.2. The van der Waals surface area contributed by atoms with E-state index in [4.69, 9.17) is 0 Å². The summed E-state index contributed by atoms with van der Waals surface area (Å²) in [5.74, 6) is 0. The van der Waals surface area contributed by atoms with E-state index in [2.05, 4.69) is 39.7 Å². The molecule has 1 atom stereocenters. The lowest BCUT2D eigenvalue weighted by atomic mass is 10.0. The molecule has 0 aliphatic carbocycles. The maximum Gasteiger partial charge on any atom is 0.0754 e. The SMILES string of the molecule is Cn1cc(CN[C@H](c2ccccc2)c2ccccn2)cn1.